The van der Waals surface area contributed by atoms with Crippen molar-refractivity contribution >= 4 is 34.4 Å². The zero-order valence-corrected chi connectivity index (χ0v) is 22.8. The lowest BCUT2D eigenvalue weighted by Crippen LogP contribution is -2.32. The molecule has 4 rings (SSSR count). The van der Waals surface area contributed by atoms with Crippen LogP contribution >= 0.6 is 22.6 Å². The number of aryl methyl sites for hydroxylation is 1. The molecule has 198 valence electrons. The SMILES string of the molecule is Cc1cc(-c2cc(NC(=O)OC(C)(C)C)c(=O)n(-c3c(I)cccc3C(F)(F)F)n2)cc(-c2cnco2)c1. The normalized spacial score (nSPS) is 11.9. The molecule has 0 spiro atoms. The largest absolute Gasteiger partial charge is 0.444 e. The monoisotopic (exact) mass is 638 g/mol. The second kappa shape index (κ2) is 10.2. The third kappa shape index (κ3) is 6.06. The molecular weight excluding hydrogens is 616 g/mol. The number of nitrogens with one attached hydrogen (secondary N) is 1. The molecule has 0 saturated heterocycles. The van der Waals surface area contributed by atoms with E-state index in [0.717, 1.165) is 11.6 Å². The van der Waals surface area contributed by atoms with Crippen molar-refractivity contribution in [1.29, 1.82) is 0 Å². The average molecular weight is 638 g/mol. The second-order valence-electron chi connectivity index (χ2n) is 9.37. The number of anilines is 1. The molecule has 1 amide bonds. The molecule has 2 heterocycles. The third-order valence-corrected chi connectivity index (χ3v) is 6.01. The molecule has 0 fully saturated rings. The molecule has 0 aliphatic heterocycles. The molecule has 0 radical (unpaired) electrons. The quantitative estimate of drug-likeness (QED) is 0.246. The van der Waals surface area contributed by atoms with E-state index in [1.165, 1.54) is 30.8 Å². The third-order valence-electron chi connectivity index (χ3n) is 5.14. The van der Waals surface area contributed by atoms with Crippen LogP contribution in [0.2, 0.25) is 0 Å². The van der Waals surface area contributed by atoms with Gasteiger partial charge in [-0.05, 0) is 92.2 Å². The van der Waals surface area contributed by atoms with Crippen LogP contribution in [-0.2, 0) is 10.9 Å². The van der Waals surface area contributed by atoms with Crippen molar-refractivity contribution in [3.8, 4) is 28.3 Å². The lowest BCUT2D eigenvalue weighted by Gasteiger charge is -2.20. The highest BCUT2D eigenvalue weighted by molar-refractivity contribution is 14.1. The summed E-state index contributed by atoms with van der Waals surface area (Å²) in [4.78, 5) is 29.9. The van der Waals surface area contributed by atoms with E-state index in [-0.39, 0.29) is 15.0 Å². The van der Waals surface area contributed by atoms with Crippen LogP contribution in [-0.4, -0.2) is 26.5 Å². The van der Waals surface area contributed by atoms with E-state index < -0.39 is 34.7 Å². The summed E-state index contributed by atoms with van der Waals surface area (Å²) in [5.74, 6) is 0.465. The Hall–Kier alpha value is -3.68. The van der Waals surface area contributed by atoms with Gasteiger partial charge < -0.3 is 9.15 Å². The Bertz CT molecular complexity index is 1560. The van der Waals surface area contributed by atoms with Gasteiger partial charge in [-0.15, -0.1) is 0 Å². The predicted molar refractivity (Wildman–Crippen MR) is 143 cm³/mol. The van der Waals surface area contributed by atoms with Crippen molar-refractivity contribution < 1.29 is 27.1 Å². The number of benzene rings is 2. The first kappa shape index (κ1) is 27.4. The van der Waals surface area contributed by atoms with E-state index in [0.29, 0.717) is 21.6 Å². The highest BCUT2D eigenvalue weighted by Gasteiger charge is 2.36. The molecule has 12 heteroatoms. The van der Waals surface area contributed by atoms with Gasteiger partial charge in [-0.25, -0.2) is 9.78 Å². The smallest absolute Gasteiger partial charge is 0.418 e. The zero-order valence-electron chi connectivity index (χ0n) is 20.7. The molecule has 0 aliphatic rings. The molecule has 0 atom stereocenters. The van der Waals surface area contributed by atoms with Crippen molar-refractivity contribution in [3.63, 3.8) is 0 Å². The maximum absolute atomic E-state index is 14.0. The summed E-state index contributed by atoms with van der Waals surface area (Å²) in [6.45, 7) is 6.74. The van der Waals surface area contributed by atoms with Crippen LogP contribution in [0.15, 0.2) is 64.3 Å². The minimum atomic E-state index is -4.77. The number of para-hydroxylation sites is 1. The first-order valence-electron chi connectivity index (χ1n) is 11.2. The Labute approximate surface area is 229 Å². The number of aromatic nitrogens is 3. The van der Waals surface area contributed by atoms with Crippen molar-refractivity contribution in [2.45, 2.75) is 39.5 Å². The fourth-order valence-electron chi connectivity index (χ4n) is 3.68. The van der Waals surface area contributed by atoms with Crippen LogP contribution in [0.3, 0.4) is 0 Å². The summed E-state index contributed by atoms with van der Waals surface area (Å²) in [5, 5.41) is 6.69. The van der Waals surface area contributed by atoms with Gasteiger partial charge in [0.2, 0.25) is 0 Å². The Balaban J connectivity index is 1.97. The van der Waals surface area contributed by atoms with Crippen molar-refractivity contribution in [2.75, 3.05) is 5.32 Å². The Morgan fingerprint density at radius 1 is 1.11 bits per heavy atom. The van der Waals surface area contributed by atoms with E-state index in [1.54, 1.807) is 55.5 Å². The van der Waals surface area contributed by atoms with E-state index in [4.69, 9.17) is 9.15 Å². The molecule has 38 heavy (non-hydrogen) atoms. The van der Waals surface area contributed by atoms with Gasteiger partial charge in [0, 0.05) is 14.7 Å². The van der Waals surface area contributed by atoms with Crippen LogP contribution in [0.25, 0.3) is 28.3 Å². The van der Waals surface area contributed by atoms with Crippen LogP contribution in [0.1, 0.15) is 31.9 Å². The van der Waals surface area contributed by atoms with Crippen molar-refractivity contribution in [1.82, 2.24) is 14.8 Å². The van der Waals surface area contributed by atoms with Gasteiger partial charge in [0.1, 0.15) is 11.3 Å². The van der Waals surface area contributed by atoms with Crippen LogP contribution in [0.4, 0.5) is 23.7 Å². The number of amides is 1. The second-order valence-corrected chi connectivity index (χ2v) is 10.5. The van der Waals surface area contributed by atoms with Gasteiger partial charge in [-0.2, -0.15) is 23.0 Å². The van der Waals surface area contributed by atoms with E-state index in [2.05, 4.69) is 15.4 Å². The predicted octanol–water partition coefficient (Wildman–Crippen LogP) is 6.83. The minimum absolute atomic E-state index is 0.132. The van der Waals surface area contributed by atoms with Crippen molar-refractivity contribution in [2.24, 2.45) is 0 Å². The number of hydrogen-bond donors (Lipinski definition) is 1. The van der Waals surface area contributed by atoms with Crippen LogP contribution < -0.4 is 10.9 Å². The average Bonchev–Trinajstić information content (AvgIpc) is 3.33. The molecule has 4 aromatic rings. The standard InChI is InChI=1S/C26H22F3IN4O4/c1-14-8-15(10-16(9-14)21-12-31-13-37-21)19-11-20(32-24(36)38-25(2,3)4)23(35)34(33-19)22-17(26(27,28)29)6-5-7-18(22)30/h5-13H,1-4H3,(H,32,36). The Kier molecular flexibility index (Phi) is 7.37. The van der Waals surface area contributed by atoms with Crippen LogP contribution in [0.5, 0.6) is 0 Å². The highest BCUT2D eigenvalue weighted by Crippen LogP contribution is 2.36. The summed E-state index contributed by atoms with van der Waals surface area (Å²) in [5.41, 5.74) is -1.61. The molecule has 0 bridgehead atoms. The number of carbonyl (C=O) groups is 1. The van der Waals surface area contributed by atoms with E-state index >= 15 is 0 Å². The number of nitrogens with zero attached hydrogens (tertiary/aromatic N) is 3. The lowest BCUT2D eigenvalue weighted by atomic mass is 10.0. The Morgan fingerprint density at radius 2 is 1.82 bits per heavy atom. The van der Waals surface area contributed by atoms with E-state index in [9.17, 15) is 22.8 Å². The number of oxazole rings is 1. The van der Waals surface area contributed by atoms with Crippen molar-refractivity contribution in [3.05, 3.63) is 80.1 Å². The number of alkyl halides is 3. The minimum Gasteiger partial charge on any atom is -0.444 e. The first-order valence-corrected chi connectivity index (χ1v) is 12.3. The number of rotatable bonds is 4. The lowest BCUT2D eigenvalue weighted by molar-refractivity contribution is -0.137. The molecular formula is C26H22F3IN4O4. The summed E-state index contributed by atoms with van der Waals surface area (Å²) >= 11 is 1.71. The van der Waals surface area contributed by atoms with Gasteiger partial charge in [0.05, 0.1) is 23.1 Å². The topological polar surface area (TPSA) is 99.2 Å². The molecule has 1 N–H and O–H groups in total. The molecule has 0 unspecified atom stereocenters. The van der Waals surface area contributed by atoms with Gasteiger partial charge >= 0.3 is 12.3 Å². The Morgan fingerprint density at radius 3 is 2.45 bits per heavy atom. The fourth-order valence-corrected chi connectivity index (χ4v) is 4.41. The zero-order chi connectivity index (χ0) is 27.8. The summed E-state index contributed by atoms with van der Waals surface area (Å²) in [7, 11) is 0. The maximum atomic E-state index is 14.0. The highest BCUT2D eigenvalue weighted by atomic mass is 127. The number of hydrogen-bond acceptors (Lipinski definition) is 6. The van der Waals surface area contributed by atoms with Gasteiger partial charge in [0.25, 0.3) is 5.56 Å². The maximum Gasteiger partial charge on any atom is 0.418 e. The molecule has 2 aromatic heterocycles. The molecule has 0 aliphatic carbocycles. The summed E-state index contributed by atoms with van der Waals surface area (Å²) < 4.78 is 53.4. The number of halogens is 4. The van der Waals surface area contributed by atoms with Crippen LogP contribution in [0, 0.1) is 10.5 Å². The number of carbonyl (C=O) groups excluding carboxylic acids is 1. The molecule has 8 nitrogen and oxygen atoms in total. The van der Waals surface area contributed by atoms with Gasteiger partial charge in [-0.1, -0.05) is 6.07 Å². The number of ether oxygens (including phenoxy) is 1. The van der Waals surface area contributed by atoms with Gasteiger partial charge in [0.15, 0.2) is 12.2 Å². The fraction of sp³-hybridized carbons (Fsp3) is 0.231. The summed E-state index contributed by atoms with van der Waals surface area (Å²) in [6.07, 6.45) is -2.92. The van der Waals surface area contributed by atoms with E-state index in [1.807, 2.05) is 13.0 Å². The van der Waals surface area contributed by atoms with Gasteiger partial charge in [-0.3, -0.25) is 10.1 Å². The molecule has 2 aromatic carbocycles. The summed E-state index contributed by atoms with van der Waals surface area (Å²) in [6, 6.07) is 10.1. The first-order chi connectivity index (χ1) is 17.7. The molecule has 0 saturated carbocycles.